The van der Waals surface area contributed by atoms with Crippen molar-refractivity contribution >= 4 is 33.7 Å². The molecular weight excluding hydrogens is 316 g/mol. The van der Waals surface area contributed by atoms with Gasteiger partial charge in [-0.15, -0.1) is 0 Å². The van der Waals surface area contributed by atoms with Gasteiger partial charge in [-0.05, 0) is 18.2 Å². The summed E-state index contributed by atoms with van der Waals surface area (Å²) in [6, 6.07) is 4.20. The fourth-order valence-electron chi connectivity index (χ4n) is 1.36. The summed E-state index contributed by atoms with van der Waals surface area (Å²) in [5.41, 5.74) is 0.245. The Morgan fingerprint density at radius 3 is 2.42 bits per heavy atom. The van der Waals surface area contributed by atoms with Crippen molar-refractivity contribution in [3.8, 4) is 0 Å². The number of carboxylic acid groups (broad SMARTS) is 1. The summed E-state index contributed by atoms with van der Waals surface area (Å²) in [6.45, 7) is 0.188. The number of hydrogen-bond donors (Lipinski definition) is 3. The van der Waals surface area contributed by atoms with Gasteiger partial charge in [-0.3, -0.25) is 9.59 Å². The molecule has 0 atom stereocenters. The lowest BCUT2D eigenvalue weighted by Crippen LogP contribution is -2.29. The van der Waals surface area contributed by atoms with Crippen LogP contribution in [0.15, 0.2) is 22.7 Å². The molecule has 0 heterocycles. The lowest BCUT2D eigenvalue weighted by atomic mass is 10.1. The maximum atomic E-state index is 11.8. The zero-order valence-corrected chi connectivity index (χ0v) is 11.8. The van der Waals surface area contributed by atoms with Crippen molar-refractivity contribution in [2.24, 2.45) is 0 Å². The molecule has 0 unspecified atom stereocenters. The number of carbonyl (C=O) groups excluding carboxylic acids is 2. The largest absolute Gasteiger partial charge is 0.478 e. The third-order valence-corrected chi connectivity index (χ3v) is 2.78. The molecule has 102 valence electrons. The molecule has 0 aromatic heterocycles. The number of amides is 2. The minimum atomic E-state index is -1.11. The molecule has 0 aliphatic carbocycles. The van der Waals surface area contributed by atoms with E-state index in [-0.39, 0.29) is 30.0 Å². The van der Waals surface area contributed by atoms with E-state index in [2.05, 4.69) is 26.6 Å². The topological polar surface area (TPSA) is 95.5 Å². The molecule has 0 bridgehead atoms. The van der Waals surface area contributed by atoms with Gasteiger partial charge in [0.25, 0.3) is 5.91 Å². The molecule has 6 nitrogen and oxygen atoms in total. The maximum absolute atomic E-state index is 11.8. The molecule has 0 saturated carbocycles. The Morgan fingerprint density at radius 2 is 1.84 bits per heavy atom. The van der Waals surface area contributed by atoms with Crippen LogP contribution in [-0.4, -0.2) is 36.5 Å². The van der Waals surface area contributed by atoms with Crippen molar-refractivity contribution in [3.63, 3.8) is 0 Å². The first kappa shape index (κ1) is 15.2. The van der Waals surface area contributed by atoms with E-state index in [0.717, 1.165) is 0 Å². The Kier molecular flexibility index (Phi) is 5.50. The number of aromatic carboxylic acids is 1. The van der Waals surface area contributed by atoms with E-state index in [1.54, 1.807) is 0 Å². The minimum Gasteiger partial charge on any atom is -0.478 e. The smallest absolute Gasteiger partial charge is 0.335 e. The SMILES string of the molecule is CNC(=O)CCNC(=O)c1cc(Br)cc(C(=O)O)c1. The summed E-state index contributed by atoms with van der Waals surface area (Å²) < 4.78 is 0.504. The van der Waals surface area contributed by atoms with Crippen LogP contribution in [0.2, 0.25) is 0 Å². The second-order valence-corrected chi connectivity index (χ2v) is 4.63. The quantitative estimate of drug-likeness (QED) is 0.751. The summed E-state index contributed by atoms with van der Waals surface area (Å²) in [6.07, 6.45) is 0.169. The Labute approximate surface area is 118 Å². The number of benzene rings is 1. The predicted molar refractivity (Wildman–Crippen MR) is 72.1 cm³/mol. The molecule has 0 spiro atoms. The minimum absolute atomic E-state index is 0.0193. The van der Waals surface area contributed by atoms with Gasteiger partial charge in [0.15, 0.2) is 0 Å². The highest BCUT2D eigenvalue weighted by Gasteiger charge is 2.11. The molecule has 0 radical (unpaired) electrons. The summed E-state index contributed by atoms with van der Waals surface area (Å²) in [7, 11) is 1.51. The van der Waals surface area contributed by atoms with Crippen LogP contribution in [0.3, 0.4) is 0 Å². The van der Waals surface area contributed by atoms with Gasteiger partial charge in [0.05, 0.1) is 5.56 Å². The van der Waals surface area contributed by atoms with Gasteiger partial charge in [-0.1, -0.05) is 15.9 Å². The van der Waals surface area contributed by atoms with Gasteiger partial charge >= 0.3 is 5.97 Å². The molecule has 0 fully saturated rings. The van der Waals surface area contributed by atoms with Crippen LogP contribution < -0.4 is 10.6 Å². The average molecular weight is 329 g/mol. The normalized spacial score (nSPS) is 9.79. The van der Waals surface area contributed by atoms with Crippen molar-refractivity contribution in [3.05, 3.63) is 33.8 Å². The molecule has 1 aromatic rings. The fraction of sp³-hybridized carbons (Fsp3) is 0.250. The van der Waals surface area contributed by atoms with E-state index in [9.17, 15) is 14.4 Å². The Hall–Kier alpha value is -1.89. The van der Waals surface area contributed by atoms with E-state index in [1.165, 1.54) is 25.2 Å². The number of rotatable bonds is 5. The molecule has 0 aliphatic rings. The summed E-state index contributed by atoms with van der Waals surface area (Å²) in [5, 5.41) is 13.9. The standard InChI is InChI=1S/C12H13BrN2O4/c1-14-10(16)2-3-15-11(17)7-4-8(12(18)19)6-9(13)5-7/h4-6H,2-3H2,1H3,(H,14,16)(H,15,17)(H,18,19). The molecular formula is C12H13BrN2O4. The lowest BCUT2D eigenvalue weighted by Gasteiger charge is -2.06. The Bertz CT molecular complexity index is 516. The number of nitrogens with one attached hydrogen (secondary N) is 2. The van der Waals surface area contributed by atoms with Crippen LogP contribution >= 0.6 is 15.9 Å². The van der Waals surface area contributed by atoms with E-state index in [1.807, 2.05) is 0 Å². The summed E-state index contributed by atoms with van der Waals surface area (Å²) in [5.74, 6) is -1.71. The number of carboxylic acids is 1. The molecule has 19 heavy (non-hydrogen) atoms. The highest BCUT2D eigenvalue weighted by molar-refractivity contribution is 9.10. The molecule has 7 heteroatoms. The van der Waals surface area contributed by atoms with Crippen molar-refractivity contribution in [1.82, 2.24) is 10.6 Å². The first-order valence-electron chi connectivity index (χ1n) is 5.46. The van der Waals surface area contributed by atoms with Crippen molar-refractivity contribution in [1.29, 1.82) is 0 Å². The van der Waals surface area contributed by atoms with Crippen LogP contribution in [-0.2, 0) is 4.79 Å². The average Bonchev–Trinajstić information content (AvgIpc) is 2.37. The first-order valence-corrected chi connectivity index (χ1v) is 6.26. The van der Waals surface area contributed by atoms with Crippen molar-refractivity contribution < 1.29 is 19.5 Å². The summed E-state index contributed by atoms with van der Waals surface area (Å²) in [4.78, 5) is 33.6. The number of hydrogen-bond acceptors (Lipinski definition) is 3. The van der Waals surface area contributed by atoms with Gasteiger partial charge in [0.1, 0.15) is 0 Å². The van der Waals surface area contributed by atoms with Gasteiger partial charge in [-0.25, -0.2) is 4.79 Å². The Balaban J connectivity index is 2.71. The van der Waals surface area contributed by atoms with E-state index in [0.29, 0.717) is 4.47 Å². The molecule has 3 N–H and O–H groups in total. The molecule has 0 saturated heterocycles. The highest BCUT2D eigenvalue weighted by atomic mass is 79.9. The van der Waals surface area contributed by atoms with Crippen LogP contribution in [0.25, 0.3) is 0 Å². The van der Waals surface area contributed by atoms with E-state index >= 15 is 0 Å². The monoisotopic (exact) mass is 328 g/mol. The van der Waals surface area contributed by atoms with E-state index in [4.69, 9.17) is 5.11 Å². The lowest BCUT2D eigenvalue weighted by molar-refractivity contribution is -0.120. The molecule has 0 aliphatic heterocycles. The van der Waals surface area contributed by atoms with Crippen molar-refractivity contribution in [2.75, 3.05) is 13.6 Å². The maximum Gasteiger partial charge on any atom is 0.335 e. The molecule has 1 rings (SSSR count). The molecule has 2 amide bonds. The summed E-state index contributed by atoms with van der Waals surface area (Å²) >= 11 is 3.14. The predicted octanol–water partition coefficient (Wildman–Crippen LogP) is 1.01. The van der Waals surface area contributed by atoms with E-state index < -0.39 is 11.9 Å². The van der Waals surface area contributed by atoms with Crippen LogP contribution in [0, 0.1) is 0 Å². The zero-order chi connectivity index (χ0) is 14.4. The van der Waals surface area contributed by atoms with Gasteiger partial charge in [0, 0.05) is 30.0 Å². The highest BCUT2D eigenvalue weighted by Crippen LogP contribution is 2.16. The fourth-order valence-corrected chi connectivity index (χ4v) is 1.85. The van der Waals surface area contributed by atoms with Crippen LogP contribution in [0.4, 0.5) is 0 Å². The van der Waals surface area contributed by atoms with Gasteiger partial charge in [0.2, 0.25) is 5.91 Å². The third-order valence-electron chi connectivity index (χ3n) is 2.32. The van der Waals surface area contributed by atoms with Crippen molar-refractivity contribution in [2.45, 2.75) is 6.42 Å². The molecule has 1 aromatic carbocycles. The zero-order valence-electron chi connectivity index (χ0n) is 10.2. The number of carbonyl (C=O) groups is 3. The van der Waals surface area contributed by atoms with Crippen LogP contribution in [0.1, 0.15) is 27.1 Å². The second kappa shape index (κ2) is 6.89. The Morgan fingerprint density at radius 1 is 1.21 bits per heavy atom. The van der Waals surface area contributed by atoms with Gasteiger partial charge < -0.3 is 15.7 Å². The third kappa shape index (κ3) is 4.70. The second-order valence-electron chi connectivity index (χ2n) is 3.71. The van der Waals surface area contributed by atoms with Gasteiger partial charge in [-0.2, -0.15) is 0 Å². The first-order chi connectivity index (χ1) is 8.93. The number of halogens is 1. The van der Waals surface area contributed by atoms with Crippen LogP contribution in [0.5, 0.6) is 0 Å².